The minimum Gasteiger partial charge on any atom is -0.481 e. The van der Waals surface area contributed by atoms with E-state index in [1.165, 1.54) is 0 Å². The molecule has 0 aromatic heterocycles. The van der Waals surface area contributed by atoms with Crippen LogP contribution in [0, 0.1) is 11.8 Å². The maximum Gasteiger partial charge on any atom is 0.307 e. The van der Waals surface area contributed by atoms with Crippen molar-refractivity contribution in [3.63, 3.8) is 0 Å². The van der Waals surface area contributed by atoms with Gasteiger partial charge in [-0.2, -0.15) is 0 Å². The van der Waals surface area contributed by atoms with E-state index in [0.717, 1.165) is 19.3 Å². The SMILES string of the molecule is CCN(C(=O)[C@@H]1CCCC[C@@H]1C(=O)O)C(C)C. The lowest BCUT2D eigenvalue weighted by molar-refractivity contribution is -0.153. The van der Waals surface area contributed by atoms with Crippen LogP contribution in [0.3, 0.4) is 0 Å². The van der Waals surface area contributed by atoms with Crippen molar-refractivity contribution in [1.29, 1.82) is 0 Å². The number of hydrogen-bond donors (Lipinski definition) is 1. The second-order valence-corrected chi connectivity index (χ2v) is 5.05. The quantitative estimate of drug-likeness (QED) is 0.820. The number of nitrogens with zero attached hydrogens (tertiary/aromatic N) is 1. The van der Waals surface area contributed by atoms with Gasteiger partial charge in [-0.25, -0.2) is 0 Å². The van der Waals surface area contributed by atoms with Gasteiger partial charge in [0.1, 0.15) is 0 Å². The Kier molecular flexibility index (Phi) is 4.97. The smallest absolute Gasteiger partial charge is 0.307 e. The van der Waals surface area contributed by atoms with Gasteiger partial charge in [-0.15, -0.1) is 0 Å². The molecular formula is C13H23NO3. The molecule has 1 N–H and O–H groups in total. The van der Waals surface area contributed by atoms with Crippen molar-refractivity contribution in [2.24, 2.45) is 11.8 Å². The molecule has 0 aliphatic heterocycles. The van der Waals surface area contributed by atoms with E-state index >= 15 is 0 Å². The van der Waals surface area contributed by atoms with Crippen LogP contribution in [-0.2, 0) is 9.59 Å². The van der Waals surface area contributed by atoms with Crippen LogP contribution >= 0.6 is 0 Å². The number of carbonyl (C=O) groups is 2. The number of carbonyl (C=O) groups excluding carboxylic acids is 1. The molecule has 1 rings (SSSR count). The number of carboxylic acid groups (broad SMARTS) is 1. The highest BCUT2D eigenvalue weighted by Crippen LogP contribution is 2.32. The third-order valence-electron chi connectivity index (χ3n) is 3.65. The molecule has 0 unspecified atom stereocenters. The minimum atomic E-state index is -0.817. The fourth-order valence-corrected chi connectivity index (χ4v) is 2.71. The second-order valence-electron chi connectivity index (χ2n) is 5.05. The lowest BCUT2D eigenvalue weighted by Gasteiger charge is -2.34. The lowest BCUT2D eigenvalue weighted by atomic mass is 9.78. The summed E-state index contributed by atoms with van der Waals surface area (Å²) in [5.41, 5.74) is 0. The van der Waals surface area contributed by atoms with Crippen molar-refractivity contribution in [2.45, 2.75) is 52.5 Å². The van der Waals surface area contributed by atoms with Gasteiger partial charge in [0.05, 0.1) is 11.8 Å². The van der Waals surface area contributed by atoms with Gasteiger partial charge in [0.15, 0.2) is 0 Å². The van der Waals surface area contributed by atoms with Crippen molar-refractivity contribution in [3.05, 3.63) is 0 Å². The highest BCUT2D eigenvalue weighted by atomic mass is 16.4. The lowest BCUT2D eigenvalue weighted by Crippen LogP contribution is -2.45. The van der Waals surface area contributed by atoms with Crippen LogP contribution in [0.1, 0.15) is 46.5 Å². The van der Waals surface area contributed by atoms with E-state index in [2.05, 4.69) is 0 Å². The molecule has 1 aliphatic rings. The monoisotopic (exact) mass is 241 g/mol. The largest absolute Gasteiger partial charge is 0.481 e. The molecule has 0 saturated heterocycles. The van der Waals surface area contributed by atoms with Gasteiger partial charge in [0, 0.05) is 12.6 Å². The van der Waals surface area contributed by atoms with E-state index in [1.54, 1.807) is 4.90 Å². The first kappa shape index (κ1) is 14.0. The molecule has 98 valence electrons. The van der Waals surface area contributed by atoms with Gasteiger partial charge in [-0.1, -0.05) is 12.8 Å². The molecule has 0 aromatic rings. The van der Waals surface area contributed by atoms with E-state index < -0.39 is 11.9 Å². The van der Waals surface area contributed by atoms with Crippen LogP contribution in [0.2, 0.25) is 0 Å². The Hall–Kier alpha value is -1.06. The summed E-state index contributed by atoms with van der Waals surface area (Å²) in [7, 11) is 0. The topological polar surface area (TPSA) is 57.6 Å². The molecular weight excluding hydrogens is 218 g/mol. The minimum absolute atomic E-state index is 0.0228. The average molecular weight is 241 g/mol. The van der Waals surface area contributed by atoms with E-state index in [1.807, 2.05) is 20.8 Å². The first-order valence-corrected chi connectivity index (χ1v) is 6.52. The molecule has 1 aliphatic carbocycles. The Balaban J connectivity index is 2.80. The van der Waals surface area contributed by atoms with E-state index in [4.69, 9.17) is 0 Å². The van der Waals surface area contributed by atoms with E-state index in [0.29, 0.717) is 13.0 Å². The molecule has 1 saturated carbocycles. The van der Waals surface area contributed by atoms with Crippen molar-refractivity contribution in [3.8, 4) is 0 Å². The summed E-state index contributed by atoms with van der Waals surface area (Å²) in [6, 6.07) is 0.142. The summed E-state index contributed by atoms with van der Waals surface area (Å²) in [5.74, 6) is -1.59. The zero-order valence-corrected chi connectivity index (χ0v) is 11.0. The average Bonchev–Trinajstić information content (AvgIpc) is 2.29. The van der Waals surface area contributed by atoms with Gasteiger partial charge < -0.3 is 10.0 Å². The molecule has 1 fully saturated rings. The van der Waals surface area contributed by atoms with Crippen molar-refractivity contribution >= 4 is 11.9 Å². The van der Waals surface area contributed by atoms with E-state index in [9.17, 15) is 14.7 Å². The fourth-order valence-electron chi connectivity index (χ4n) is 2.71. The molecule has 1 amide bonds. The Morgan fingerprint density at radius 2 is 1.76 bits per heavy atom. The van der Waals surface area contributed by atoms with Crippen LogP contribution < -0.4 is 0 Å². The normalized spacial score (nSPS) is 24.7. The highest BCUT2D eigenvalue weighted by Gasteiger charge is 2.37. The standard InChI is InChI=1S/C13H23NO3/c1-4-14(9(2)3)12(15)10-7-5-6-8-11(10)13(16)17/h9-11H,4-8H2,1-3H3,(H,16,17)/t10-,11+/m1/s1. The fraction of sp³-hybridized carbons (Fsp3) is 0.846. The van der Waals surface area contributed by atoms with Gasteiger partial charge in [-0.05, 0) is 33.6 Å². The third kappa shape index (κ3) is 3.20. The van der Waals surface area contributed by atoms with Crippen LogP contribution in [-0.4, -0.2) is 34.5 Å². The molecule has 17 heavy (non-hydrogen) atoms. The van der Waals surface area contributed by atoms with E-state index in [-0.39, 0.29) is 17.9 Å². The molecule has 4 heteroatoms. The zero-order chi connectivity index (χ0) is 13.0. The molecule has 2 atom stereocenters. The summed E-state index contributed by atoms with van der Waals surface area (Å²) in [4.78, 5) is 25.3. The second kappa shape index (κ2) is 6.03. The number of amides is 1. The van der Waals surface area contributed by atoms with Gasteiger partial charge in [0.2, 0.25) is 5.91 Å². The predicted molar refractivity (Wildman–Crippen MR) is 65.6 cm³/mol. The molecule has 0 heterocycles. The van der Waals surface area contributed by atoms with Crippen molar-refractivity contribution in [1.82, 2.24) is 4.90 Å². The third-order valence-corrected chi connectivity index (χ3v) is 3.65. The molecule has 0 aromatic carbocycles. The maximum atomic E-state index is 12.3. The summed E-state index contributed by atoms with van der Waals surface area (Å²) >= 11 is 0. The van der Waals surface area contributed by atoms with Crippen molar-refractivity contribution < 1.29 is 14.7 Å². The molecule has 0 spiro atoms. The van der Waals surface area contributed by atoms with Crippen LogP contribution in [0.5, 0.6) is 0 Å². The Labute approximate surface area is 103 Å². The molecule has 4 nitrogen and oxygen atoms in total. The Bertz CT molecular complexity index is 288. The maximum absolute atomic E-state index is 12.3. The van der Waals surface area contributed by atoms with Gasteiger partial charge in [-0.3, -0.25) is 9.59 Å². The molecule has 0 bridgehead atoms. The zero-order valence-electron chi connectivity index (χ0n) is 11.0. The first-order chi connectivity index (χ1) is 7.99. The Morgan fingerprint density at radius 3 is 2.18 bits per heavy atom. The Morgan fingerprint density at radius 1 is 1.24 bits per heavy atom. The van der Waals surface area contributed by atoms with Crippen LogP contribution in [0.25, 0.3) is 0 Å². The summed E-state index contributed by atoms with van der Waals surface area (Å²) in [5, 5.41) is 9.18. The highest BCUT2D eigenvalue weighted by molar-refractivity contribution is 5.85. The summed E-state index contributed by atoms with van der Waals surface area (Å²) in [6.45, 7) is 6.54. The predicted octanol–water partition coefficient (Wildman–Crippen LogP) is 2.13. The number of carboxylic acids is 1. The summed E-state index contributed by atoms with van der Waals surface area (Å²) in [6.07, 6.45) is 3.25. The van der Waals surface area contributed by atoms with Crippen molar-refractivity contribution in [2.75, 3.05) is 6.54 Å². The molecule has 0 radical (unpaired) electrons. The number of hydrogen-bond acceptors (Lipinski definition) is 2. The summed E-state index contributed by atoms with van der Waals surface area (Å²) < 4.78 is 0. The van der Waals surface area contributed by atoms with Gasteiger partial charge in [0.25, 0.3) is 0 Å². The number of aliphatic carboxylic acids is 1. The van der Waals surface area contributed by atoms with Crippen LogP contribution in [0.15, 0.2) is 0 Å². The van der Waals surface area contributed by atoms with Crippen LogP contribution in [0.4, 0.5) is 0 Å². The number of rotatable bonds is 4. The van der Waals surface area contributed by atoms with Gasteiger partial charge >= 0.3 is 5.97 Å². The first-order valence-electron chi connectivity index (χ1n) is 6.52.